The molecule has 0 unspecified atom stereocenters. The number of benzene rings is 2. The minimum Gasteiger partial charge on any atom is -0.329 e. The molecule has 0 saturated carbocycles. The van der Waals surface area contributed by atoms with Crippen LogP contribution >= 0.6 is 22.6 Å². The molecule has 0 aliphatic carbocycles. The maximum absolute atomic E-state index is 12.9. The van der Waals surface area contributed by atoms with Gasteiger partial charge in [-0.2, -0.15) is 0 Å². The third kappa shape index (κ3) is 3.89. The van der Waals surface area contributed by atoms with Crippen molar-refractivity contribution in [2.24, 2.45) is 0 Å². The molecule has 0 fully saturated rings. The van der Waals surface area contributed by atoms with Crippen LogP contribution in [0.3, 0.4) is 0 Å². The summed E-state index contributed by atoms with van der Waals surface area (Å²) in [4.78, 5) is 34.1. The highest BCUT2D eigenvalue weighted by Crippen LogP contribution is 2.15. The highest BCUT2D eigenvalue weighted by Gasteiger charge is 2.20. The van der Waals surface area contributed by atoms with Crippen molar-refractivity contribution in [2.75, 3.05) is 0 Å². The van der Waals surface area contributed by atoms with Crippen molar-refractivity contribution in [3.05, 3.63) is 73.8 Å². The maximum Gasteiger partial charge on any atom is 0.258 e. The highest BCUT2D eigenvalue weighted by molar-refractivity contribution is 14.1. The Morgan fingerprint density at radius 1 is 1.20 bits per heavy atom. The summed E-state index contributed by atoms with van der Waals surface area (Å²) in [5.41, 5.74) is 1.07. The molecule has 0 radical (unpaired) electrons. The van der Waals surface area contributed by atoms with Crippen LogP contribution in [0.4, 0.5) is 0 Å². The number of nitrogens with one attached hydrogen (secondary N) is 1. The summed E-state index contributed by atoms with van der Waals surface area (Å²) in [6.07, 6.45) is 0. The van der Waals surface area contributed by atoms with Crippen LogP contribution in [0.1, 0.15) is 30.0 Å². The molecule has 128 valence electrons. The SMILES string of the molecule is CC(C)N(Cc1nc2ccccc2c(=O)[nH]1)C(=O)c1cccc(I)c1. The van der Waals surface area contributed by atoms with Crippen molar-refractivity contribution in [1.29, 1.82) is 0 Å². The first-order valence-electron chi connectivity index (χ1n) is 8.00. The average molecular weight is 447 g/mol. The van der Waals surface area contributed by atoms with Crippen LogP contribution in [-0.4, -0.2) is 26.8 Å². The first-order valence-corrected chi connectivity index (χ1v) is 9.08. The monoisotopic (exact) mass is 447 g/mol. The molecule has 0 aliphatic heterocycles. The van der Waals surface area contributed by atoms with Crippen molar-refractivity contribution in [2.45, 2.75) is 26.4 Å². The summed E-state index contributed by atoms with van der Waals surface area (Å²) in [5, 5.41) is 0.547. The minimum atomic E-state index is -0.189. The molecule has 1 heterocycles. The Bertz CT molecular complexity index is 982. The molecule has 0 aliphatic rings. The van der Waals surface area contributed by atoms with Gasteiger partial charge in [0, 0.05) is 15.2 Å². The summed E-state index contributed by atoms with van der Waals surface area (Å²) in [6, 6.07) is 14.6. The second kappa shape index (κ2) is 7.35. The van der Waals surface area contributed by atoms with E-state index in [0.29, 0.717) is 22.3 Å². The van der Waals surface area contributed by atoms with E-state index in [1.54, 1.807) is 29.2 Å². The van der Waals surface area contributed by atoms with Gasteiger partial charge in [0.05, 0.1) is 17.4 Å². The zero-order chi connectivity index (χ0) is 18.0. The quantitative estimate of drug-likeness (QED) is 0.622. The van der Waals surface area contributed by atoms with Gasteiger partial charge in [0.1, 0.15) is 5.82 Å². The minimum absolute atomic E-state index is 0.0258. The molecule has 0 spiro atoms. The van der Waals surface area contributed by atoms with Crippen molar-refractivity contribution in [1.82, 2.24) is 14.9 Å². The van der Waals surface area contributed by atoms with E-state index in [1.165, 1.54) is 0 Å². The predicted molar refractivity (Wildman–Crippen MR) is 107 cm³/mol. The number of amides is 1. The van der Waals surface area contributed by atoms with Gasteiger partial charge in [-0.05, 0) is 66.8 Å². The van der Waals surface area contributed by atoms with E-state index in [2.05, 4.69) is 32.6 Å². The molecule has 5 nitrogen and oxygen atoms in total. The topological polar surface area (TPSA) is 66.1 Å². The van der Waals surface area contributed by atoms with Gasteiger partial charge >= 0.3 is 0 Å². The Morgan fingerprint density at radius 3 is 2.68 bits per heavy atom. The number of carbonyl (C=O) groups excluding carboxylic acids is 1. The number of H-pyrrole nitrogens is 1. The first-order chi connectivity index (χ1) is 12.0. The number of hydrogen-bond donors (Lipinski definition) is 1. The highest BCUT2D eigenvalue weighted by atomic mass is 127. The first kappa shape index (κ1) is 17.6. The fourth-order valence-electron chi connectivity index (χ4n) is 2.65. The number of aromatic nitrogens is 2. The number of carbonyl (C=O) groups is 1. The van der Waals surface area contributed by atoms with Crippen LogP contribution < -0.4 is 5.56 Å². The number of halogens is 1. The number of aromatic amines is 1. The van der Waals surface area contributed by atoms with Gasteiger partial charge in [0.15, 0.2) is 0 Å². The molecule has 6 heteroatoms. The van der Waals surface area contributed by atoms with E-state index < -0.39 is 0 Å². The van der Waals surface area contributed by atoms with Crippen LogP contribution in [0.5, 0.6) is 0 Å². The number of nitrogens with zero attached hydrogens (tertiary/aromatic N) is 2. The van der Waals surface area contributed by atoms with Crippen molar-refractivity contribution in [3.8, 4) is 0 Å². The zero-order valence-electron chi connectivity index (χ0n) is 14.0. The Hall–Kier alpha value is -2.22. The van der Waals surface area contributed by atoms with Gasteiger partial charge in [-0.25, -0.2) is 4.98 Å². The molecule has 2 aromatic carbocycles. The van der Waals surface area contributed by atoms with Gasteiger partial charge in [0.25, 0.3) is 11.5 Å². The van der Waals surface area contributed by atoms with E-state index in [4.69, 9.17) is 0 Å². The fourth-order valence-corrected chi connectivity index (χ4v) is 3.19. The van der Waals surface area contributed by atoms with Crippen LogP contribution in [0.15, 0.2) is 53.3 Å². The molecule has 1 N–H and O–H groups in total. The summed E-state index contributed by atoms with van der Waals surface area (Å²) in [5.74, 6) is 0.403. The Balaban J connectivity index is 1.95. The van der Waals surface area contributed by atoms with E-state index in [9.17, 15) is 9.59 Å². The van der Waals surface area contributed by atoms with Gasteiger partial charge in [-0.3, -0.25) is 9.59 Å². The zero-order valence-corrected chi connectivity index (χ0v) is 16.1. The Labute approximate surface area is 159 Å². The van der Waals surface area contributed by atoms with Crippen LogP contribution in [0.25, 0.3) is 10.9 Å². The summed E-state index contributed by atoms with van der Waals surface area (Å²) < 4.78 is 1.00. The standard InChI is InChI=1S/C19H18IN3O2/c1-12(2)23(19(25)13-6-5-7-14(20)10-13)11-17-21-16-9-4-3-8-15(16)18(24)22-17/h3-10,12H,11H2,1-2H3,(H,21,22,24). The number of para-hydroxylation sites is 1. The van der Waals surface area contributed by atoms with Crippen molar-refractivity contribution in [3.63, 3.8) is 0 Å². The molecule has 1 aromatic heterocycles. The number of fused-ring (bicyclic) bond motifs is 1. The average Bonchev–Trinajstić information content (AvgIpc) is 2.59. The van der Waals surface area contributed by atoms with Gasteiger partial charge < -0.3 is 9.88 Å². The Kier molecular flexibility index (Phi) is 5.17. The van der Waals surface area contributed by atoms with E-state index in [0.717, 1.165) is 3.57 Å². The summed E-state index contributed by atoms with van der Waals surface area (Å²) in [6.45, 7) is 4.15. The van der Waals surface area contributed by atoms with Gasteiger partial charge in [0.2, 0.25) is 0 Å². The van der Waals surface area contributed by atoms with E-state index >= 15 is 0 Å². The molecule has 0 atom stereocenters. The van der Waals surface area contributed by atoms with Crippen LogP contribution in [0, 0.1) is 3.57 Å². The van der Waals surface area contributed by atoms with Crippen LogP contribution in [-0.2, 0) is 6.54 Å². The molecular formula is C19H18IN3O2. The molecule has 1 amide bonds. The lowest BCUT2D eigenvalue weighted by atomic mass is 10.1. The lowest BCUT2D eigenvalue weighted by Gasteiger charge is -2.26. The maximum atomic E-state index is 12.9. The third-order valence-corrected chi connectivity index (χ3v) is 4.61. The Morgan fingerprint density at radius 2 is 1.96 bits per heavy atom. The van der Waals surface area contributed by atoms with Gasteiger partial charge in [-0.1, -0.05) is 18.2 Å². The molecule has 0 saturated heterocycles. The number of rotatable bonds is 4. The lowest BCUT2D eigenvalue weighted by molar-refractivity contribution is 0.0685. The lowest BCUT2D eigenvalue weighted by Crippen LogP contribution is -2.37. The van der Waals surface area contributed by atoms with Crippen molar-refractivity contribution >= 4 is 39.4 Å². The normalized spacial score (nSPS) is 11.0. The van der Waals surface area contributed by atoms with E-state index in [-0.39, 0.29) is 24.1 Å². The largest absolute Gasteiger partial charge is 0.329 e. The summed E-state index contributed by atoms with van der Waals surface area (Å²) >= 11 is 2.19. The second-order valence-electron chi connectivity index (χ2n) is 6.07. The van der Waals surface area contributed by atoms with Gasteiger partial charge in [-0.15, -0.1) is 0 Å². The molecule has 3 aromatic rings. The second-order valence-corrected chi connectivity index (χ2v) is 7.31. The molecular weight excluding hydrogens is 429 g/mol. The third-order valence-electron chi connectivity index (χ3n) is 3.94. The number of hydrogen-bond acceptors (Lipinski definition) is 3. The van der Waals surface area contributed by atoms with Crippen molar-refractivity contribution < 1.29 is 4.79 Å². The molecule has 25 heavy (non-hydrogen) atoms. The fraction of sp³-hybridized carbons (Fsp3) is 0.211. The summed E-state index contributed by atoms with van der Waals surface area (Å²) in [7, 11) is 0. The predicted octanol–water partition coefficient (Wildman–Crippen LogP) is 3.58. The van der Waals surface area contributed by atoms with E-state index in [1.807, 2.05) is 38.1 Å². The van der Waals surface area contributed by atoms with Crippen LogP contribution in [0.2, 0.25) is 0 Å². The molecule has 3 rings (SSSR count). The smallest absolute Gasteiger partial charge is 0.258 e. The molecule has 0 bridgehead atoms.